The van der Waals surface area contributed by atoms with Crippen LogP contribution >= 0.6 is 0 Å². The first-order chi connectivity index (χ1) is 16.6. The Bertz CT molecular complexity index is 690. The van der Waals surface area contributed by atoms with E-state index in [-0.39, 0.29) is 11.4 Å². The molecule has 0 amide bonds. The minimum Gasteiger partial charge on any atom is -0.465 e. The van der Waals surface area contributed by atoms with Gasteiger partial charge in [-0.1, -0.05) is 76.6 Å². The minimum atomic E-state index is -0.240. The SMILES string of the molecule is CCCCCCCOC(=O)C1(C)CCC(C2CCC(c3ccc(CCCCC)cc3)CC2)CC1. The molecule has 2 saturated carbocycles. The maximum absolute atomic E-state index is 12.8. The molecule has 0 heterocycles. The van der Waals surface area contributed by atoms with E-state index in [9.17, 15) is 4.79 Å². The first kappa shape index (κ1) is 27.3. The summed E-state index contributed by atoms with van der Waals surface area (Å²) in [5, 5.41) is 0. The Balaban J connectivity index is 1.36. The zero-order valence-electron chi connectivity index (χ0n) is 22.6. The summed E-state index contributed by atoms with van der Waals surface area (Å²) in [6, 6.07) is 9.58. The van der Waals surface area contributed by atoms with Gasteiger partial charge in [-0.25, -0.2) is 0 Å². The molecule has 3 rings (SSSR count). The van der Waals surface area contributed by atoms with E-state index in [1.165, 1.54) is 95.5 Å². The zero-order chi connectivity index (χ0) is 24.2. The topological polar surface area (TPSA) is 26.3 Å². The molecule has 2 aliphatic rings. The van der Waals surface area contributed by atoms with Crippen molar-refractivity contribution in [2.75, 3.05) is 6.61 Å². The number of aryl methyl sites for hydroxylation is 1. The molecule has 0 spiro atoms. The molecular weight excluding hydrogens is 416 g/mol. The second-order valence-corrected chi connectivity index (χ2v) is 11.8. The third kappa shape index (κ3) is 8.13. The molecule has 1 aromatic rings. The van der Waals surface area contributed by atoms with Crippen molar-refractivity contribution in [2.24, 2.45) is 17.3 Å². The first-order valence-electron chi connectivity index (χ1n) is 14.8. The molecule has 0 atom stereocenters. The van der Waals surface area contributed by atoms with E-state index in [0.717, 1.165) is 37.0 Å². The summed E-state index contributed by atoms with van der Waals surface area (Å²) in [7, 11) is 0. The fraction of sp³-hybridized carbons (Fsp3) is 0.781. The van der Waals surface area contributed by atoms with Gasteiger partial charge in [0.25, 0.3) is 0 Å². The van der Waals surface area contributed by atoms with Gasteiger partial charge in [0.05, 0.1) is 12.0 Å². The van der Waals surface area contributed by atoms with Gasteiger partial charge in [0.15, 0.2) is 0 Å². The lowest BCUT2D eigenvalue weighted by atomic mass is 9.64. The fourth-order valence-corrected chi connectivity index (χ4v) is 6.46. The molecule has 2 heteroatoms. The van der Waals surface area contributed by atoms with E-state index < -0.39 is 0 Å². The highest BCUT2D eigenvalue weighted by molar-refractivity contribution is 5.76. The Morgan fingerprint density at radius 1 is 0.794 bits per heavy atom. The first-order valence-corrected chi connectivity index (χ1v) is 14.8. The van der Waals surface area contributed by atoms with Crippen molar-refractivity contribution in [2.45, 2.75) is 136 Å². The number of carbonyl (C=O) groups is 1. The monoisotopic (exact) mass is 468 g/mol. The summed E-state index contributed by atoms with van der Waals surface area (Å²) in [5.41, 5.74) is 2.83. The number of benzene rings is 1. The van der Waals surface area contributed by atoms with Crippen molar-refractivity contribution in [3.8, 4) is 0 Å². The largest absolute Gasteiger partial charge is 0.465 e. The lowest BCUT2D eigenvalue weighted by Crippen LogP contribution is -2.36. The van der Waals surface area contributed by atoms with Crippen molar-refractivity contribution in [3.05, 3.63) is 35.4 Å². The van der Waals surface area contributed by atoms with Gasteiger partial charge in [-0.05, 0) is 106 Å². The van der Waals surface area contributed by atoms with Crippen molar-refractivity contribution in [1.82, 2.24) is 0 Å². The Morgan fingerprint density at radius 2 is 1.38 bits per heavy atom. The van der Waals surface area contributed by atoms with Gasteiger partial charge in [-0.2, -0.15) is 0 Å². The Morgan fingerprint density at radius 3 is 2.03 bits per heavy atom. The lowest BCUT2D eigenvalue weighted by molar-refractivity contribution is -0.158. The van der Waals surface area contributed by atoms with Gasteiger partial charge in [0, 0.05) is 0 Å². The number of hydrogen-bond donors (Lipinski definition) is 0. The number of rotatable bonds is 13. The van der Waals surface area contributed by atoms with Crippen molar-refractivity contribution < 1.29 is 9.53 Å². The summed E-state index contributed by atoms with van der Waals surface area (Å²) in [5.74, 6) is 2.51. The average molecular weight is 469 g/mol. The lowest BCUT2D eigenvalue weighted by Gasteiger charge is -2.41. The van der Waals surface area contributed by atoms with E-state index in [0.29, 0.717) is 6.61 Å². The van der Waals surface area contributed by atoms with Gasteiger partial charge in [0.2, 0.25) is 0 Å². The average Bonchev–Trinajstić information content (AvgIpc) is 2.87. The van der Waals surface area contributed by atoms with Crippen molar-refractivity contribution >= 4 is 5.97 Å². The van der Waals surface area contributed by atoms with Crippen LogP contribution in [0.15, 0.2) is 24.3 Å². The molecule has 0 saturated heterocycles. The molecule has 0 aromatic heterocycles. The van der Waals surface area contributed by atoms with E-state index in [4.69, 9.17) is 4.74 Å². The normalized spacial score (nSPS) is 27.4. The van der Waals surface area contributed by atoms with E-state index in [1.54, 1.807) is 5.56 Å². The zero-order valence-corrected chi connectivity index (χ0v) is 22.6. The van der Waals surface area contributed by atoms with Crippen LogP contribution in [-0.4, -0.2) is 12.6 Å². The quantitative estimate of drug-likeness (QED) is 0.213. The third-order valence-electron chi connectivity index (χ3n) is 9.07. The summed E-state index contributed by atoms with van der Waals surface area (Å²) >= 11 is 0. The number of esters is 1. The molecule has 0 N–H and O–H groups in total. The predicted molar refractivity (Wildman–Crippen MR) is 144 cm³/mol. The summed E-state index contributed by atoms with van der Waals surface area (Å²) in [6.07, 6.45) is 21.1. The van der Waals surface area contributed by atoms with Crippen LogP contribution in [0.3, 0.4) is 0 Å². The van der Waals surface area contributed by atoms with Gasteiger partial charge >= 0.3 is 5.97 Å². The second-order valence-electron chi connectivity index (χ2n) is 11.8. The van der Waals surface area contributed by atoms with Gasteiger partial charge in [-0.15, -0.1) is 0 Å². The van der Waals surface area contributed by atoms with Gasteiger partial charge in [0.1, 0.15) is 0 Å². The molecule has 0 aliphatic heterocycles. The standard InChI is InChI=1S/C32H52O2/c1-4-6-8-9-11-25-34-31(33)32(3)23-21-30(22-24-32)29-19-17-28(18-20-29)27-15-13-26(14-16-27)12-10-7-5-2/h13-16,28-30H,4-12,17-25H2,1-3H3. The molecule has 192 valence electrons. The smallest absolute Gasteiger partial charge is 0.311 e. The van der Waals surface area contributed by atoms with Crippen LogP contribution in [-0.2, 0) is 16.0 Å². The fourth-order valence-electron chi connectivity index (χ4n) is 6.46. The van der Waals surface area contributed by atoms with Crippen molar-refractivity contribution in [3.63, 3.8) is 0 Å². The molecule has 34 heavy (non-hydrogen) atoms. The van der Waals surface area contributed by atoms with Crippen molar-refractivity contribution in [1.29, 1.82) is 0 Å². The second kappa shape index (κ2) is 14.3. The van der Waals surface area contributed by atoms with E-state index >= 15 is 0 Å². The number of hydrogen-bond acceptors (Lipinski definition) is 2. The molecule has 2 aliphatic carbocycles. The molecular formula is C32H52O2. The maximum atomic E-state index is 12.8. The number of unbranched alkanes of at least 4 members (excludes halogenated alkanes) is 6. The van der Waals surface area contributed by atoms with Gasteiger partial charge < -0.3 is 4.74 Å². The molecule has 0 radical (unpaired) electrons. The minimum absolute atomic E-state index is 0.0725. The van der Waals surface area contributed by atoms with Gasteiger partial charge in [-0.3, -0.25) is 4.79 Å². The summed E-state index contributed by atoms with van der Waals surface area (Å²) in [4.78, 5) is 12.8. The van der Waals surface area contributed by atoms with Crippen LogP contribution in [0.1, 0.15) is 141 Å². The maximum Gasteiger partial charge on any atom is 0.311 e. The highest BCUT2D eigenvalue weighted by atomic mass is 16.5. The molecule has 0 unspecified atom stereocenters. The summed E-state index contributed by atoms with van der Waals surface area (Å²) in [6.45, 7) is 7.28. The van der Waals surface area contributed by atoms with Crippen LogP contribution in [0.4, 0.5) is 0 Å². The highest BCUT2D eigenvalue weighted by Crippen LogP contribution is 2.47. The highest BCUT2D eigenvalue weighted by Gasteiger charge is 2.41. The molecule has 0 bridgehead atoms. The number of ether oxygens (including phenoxy) is 1. The predicted octanol–water partition coefficient (Wildman–Crippen LogP) is 9.40. The molecule has 1 aromatic carbocycles. The summed E-state index contributed by atoms with van der Waals surface area (Å²) < 4.78 is 5.71. The van der Waals surface area contributed by atoms with Crippen LogP contribution in [0.2, 0.25) is 0 Å². The van der Waals surface area contributed by atoms with Crippen LogP contribution in [0.5, 0.6) is 0 Å². The molecule has 2 nitrogen and oxygen atoms in total. The third-order valence-corrected chi connectivity index (χ3v) is 9.07. The number of carbonyl (C=O) groups excluding carboxylic acids is 1. The Kier molecular flexibility index (Phi) is 11.5. The molecule has 2 fully saturated rings. The van der Waals surface area contributed by atoms with Crippen LogP contribution in [0.25, 0.3) is 0 Å². The Hall–Kier alpha value is -1.31. The van der Waals surface area contributed by atoms with E-state index in [2.05, 4.69) is 45.0 Å². The van der Waals surface area contributed by atoms with E-state index in [1.807, 2.05) is 0 Å². The Labute approximate surface area is 210 Å². The van der Waals surface area contributed by atoms with Crippen LogP contribution < -0.4 is 0 Å². The van der Waals surface area contributed by atoms with Crippen LogP contribution in [0, 0.1) is 17.3 Å².